The number of phosphoric ester groups is 1. The molecule has 8 nitrogen and oxygen atoms in total. The van der Waals surface area contributed by atoms with E-state index >= 15 is 0 Å². The second-order valence-corrected chi connectivity index (χ2v) is 22.4. The zero-order valence-corrected chi connectivity index (χ0v) is 47.8. The van der Waals surface area contributed by atoms with Gasteiger partial charge in [0.15, 0.2) is 0 Å². The lowest BCUT2D eigenvalue weighted by Crippen LogP contribution is -2.45. The molecule has 0 fully saturated rings. The topological polar surface area (TPSA) is 108 Å². The van der Waals surface area contributed by atoms with Gasteiger partial charge in [0.25, 0.3) is 7.82 Å². The Hall–Kier alpha value is -2.32. The number of rotatable bonds is 53. The van der Waals surface area contributed by atoms with Crippen molar-refractivity contribution in [3.63, 3.8) is 0 Å². The van der Waals surface area contributed by atoms with Crippen LogP contribution in [-0.4, -0.2) is 68.5 Å². The molecule has 9 heteroatoms. The molecule has 0 aliphatic carbocycles. The lowest BCUT2D eigenvalue weighted by molar-refractivity contribution is -0.870. The Bertz CT molecular complexity index is 1430. The highest BCUT2D eigenvalue weighted by Gasteiger charge is 2.23. The van der Waals surface area contributed by atoms with E-state index in [1.54, 1.807) is 6.08 Å². The van der Waals surface area contributed by atoms with Crippen LogP contribution in [0.4, 0.5) is 0 Å². The highest BCUT2D eigenvalue weighted by Crippen LogP contribution is 2.38. The Morgan fingerprint density at radius 1 is 0.507 bits per heavy atom. The molecule has 0 heterocycles. The maximum Gasteiger partial charge on any atom is 0.268 e. The second kappa shape index (κ2) is 52.5. The summed E-state index contributed by atoms with van der Waals surface area (Å²) in [4.78, 5) is 25.4. The number of phosphoric acid groups is 1. The van der Waals surface area contributed by atoms with E-state index in [1.807, 2.05) is 27.2 Å². The van der Waals surface area contributed by atoms with Gasteiger partial charge in [-0.25, -0.2) is 0 Å². The number of aliphatic hydroxyl groups excluding tert-OH is 1. The van der Waals surface area contributed by atoms with Crippen LogP contribution < -0.4 is 10.2 Å². The minimum Gasteiger partial charge on any atom is -0.756 e. The van der Waals surface area contributed by atoms with Gasteiger partial charge in [0.05, 0.1) is 39.9 Å². The summed E-state index contributed by atoms with van der Waals surface area (Å²) in [7, 11) is 1.26. The number of hydrogen-bond acceptors (Lipinski definition) is 6. The third-order valence-electron chi connectivity index (χ3n) is 12.9. The van der Waals surface area contributed by atoms with Gasteiger partial charge in [-0.1, -0.05) is 259 Å². The Labute approximate surface area is 439 Å². The van der Waals surface area contributed by atoms with Gasteiger partial charge < -0.3 is 28.8 Å². The number of nitrogens with one attached hydrogen (secondary N) is 1. The van der Waals surface area contributed by atoms with Crippen molar-refractivity contribution in [2.45, 2.75) is 264 Å². The predicted molar refractivity (Wildman–Crippen MR) is 307 cm³/mol. The second-order valence-electron chi connectivity index (χ2n) is 21.0. The van der Waals surface area contributed by atoms with Crippen molar-refractivity contribution in [1.82, 2.24) is 5.32 Å². The van der Waals surface area contributed by atoms with Gasteiger partial charge >= 0.3 is 0 Å². The number of nitrogens with zero attached hydrogens (tertiary/aromatic N) is 1. The van der Waals surface area contributed by atoms with Crippen LogP contribution in [0.5, 0.6) is 0 Å². The number of carbonyl (C=O) groups excluding carboxylic acids is 1. The van der Waals surface area contributed by atoms with Crippen molar-refractivity contribution < 1.29 is 32.9 Å². The monoisotopic (exact) mass is 1010 g/mol. The Morgan fingerprint density at radius 2 is 0.859 bits per heavy atom. The van der Waals surface area contributed by atoms with Crippen molar-refractivity contribution in [3.8, 4) is 0 Å². The summed E-state index contributed by atoms with van der Waals surface area (Å²) in [5, 5.41) is 13.8. The van der Waals surface area contributed by atoms with Crippen LogP contribution in [0, 0.1) is 0 Å². The molecule has 0 radical (unpaired) electrons. The first-order valence-corrected chi connectivity index (χ1v) is 30.9. The van der Waals surface area contributed by atoms with Gasteiger partial charge in [-0.15, -0.1) is 0 Å². The van der Waals surface area contributed by atoms with Crippen molar-refractivity contribution in [3.05, 3.63) is 85.1 Å². The summed E-state index contributed by atoms with van der Waals surface area (Å²) >= 11 is 0. The first kappa shape index (κ1) is 68.7. The number of hydrogen-bond donors (Lipinski definition) is 2. The summed E-state index contributed by atoms with van der Waals surface area (Å²) in [6, 6.07) is -0.887. The van der Waals surface area contributed by atoms with Crippen molar-refractivity contribution in [1.29, 1.82) is 0 Å². The van der Waals surface area contributed by atoms with Crippen LogP contribution in [0.25, 0.3) is 0 Å². The van der Waals surface area contributed by atoms with Crippen LogP contribution in [-0.2, 0) is 18.4 Å². The fourth-order valence-electron chi connectivity index (χ4n) is 8.28. The van der Waals surface area contributed by atoms with Gasteiger partial charge in [-0.3, -0.25) is 9.36 Å². The normalized spacial score (nSPS) is 14.5. The molecule has 0 rings (SSSR count). The largest absolute Gasteiger partial charge is 0.756 e. The number of unbranched alkanes of at least 4 members (excludes halogenated alkanes) is 28. The van der Waals surface area contributed by atoms with Gasteiger partial charge in [0.2, 0.25) is 5.91 Å². The Morgan fingerprint density at radius 3 is 1.25 bits per heavy atom. The molecule has 71 heavy (non-hydrogen) atoms. The minimum atomic E-state index is -4.59. The molecule has 412 valence electrons. The van der Waals surface area contributed by atoms with Gasteiger partial charge in [-0.2, -0.15) is 0 Å². The summed E-state index contributed by atoms with van der Waals surface area (Å²) < 4.78 is 23.3. The van der Waals surface area contributed by atoms with Crippen LogP contribution in [0.15, 0.2) is 85.1 Å². The molecule has 3 atom stereocenters. The van der Waals surface area contributed by atoms with E-state index in [0.717, 1.165) is 77.0 Å². The van der Waals surface area contributed by atoms with Gasteiger partial charge in [-0.05, 0) is 70.6 Å². The smallest absolute Gasteiger partial charge is 0.268 e. The number of aliphatic hydroxyl groups is 1. The number of quaternary nitrogens is 1. The molecule has 2 N–H and O–H groups in total. The van der Waals surface area contributed by atoms with Crippen LogP contribution >= 0.6 is 7.82 Å². The zero-order chi connectivity index (χ0) is 52.0. The first-order valence-electron chi connectivity index (χ1n) is 29.4. The molecule has 1 amide bonds. The molecular formula is C62H113N2O6P. The summed E-state index contributed by atoms with van der Waals surface area (Å²) in [5.74, 6) is -0.198. The Balaban J connectivity index is 3.97. The molecule has 0 spiro atoms. The molecular weight excluding hydrogens is 900 g/mol. The number of amides is 1. The molecule has 0 aliphatic heterocycles. The Kier molecular flexibility index (Phi) is 50.8. The average Bonchev–Trinajstić information content (AvgIpc) is 3.33. The molecule has 0 bridgehead atoms. The molecule has 0 saturated heterocycles. The van der Waals surface area contributed by atoms with Crippen molar-refractivity contribution in [2.24, 2.45) is 0 Å². The van der Waals surface area contributed by atoms with Crippen molar-refractivity contribution in [2.75, 3.05) is 40.9 Å². The summed E-state index contributed by atoms with van der Waals surface area (Å²) in [5.41, 5.74) is 0. The van der Waals surface area contributed by atoms with Crippen molar-refractivity contribution >= 4 is 13.7 Å². The van der Waals surface area contributed by atoms with E-state index in [-0.39, 0.29) is 19.1 Å². The third kappa shape index (κ3) is 55.3. The SMILES string of the molecule is CC/C=C\C/C=C\C/C=C\C/C=C\C/C=C\C/C=C\CCCCCCCCCCCCCCCCCCCCC(=O)NC(COP(=O)([O-])OCC[N+](C)(C)C)C(O)/C=C/CCCCCCCCCCCC. The van der Waals surface area contributed by atoms with E-state index in [1.165, 1.54) is 154 Å². The molecule has 0 aromatic rings. The fourth-order valence-corrected chi connectivity index (χ4v) is 9.00. The first-order chi connectivity index (χ1) is 34.5. The fraction of sp³-hybridized carbons (Fsp3) is 0.758. The highest BCUT2D eigenvalue weighted by molar-refractivity contribution is 7.45. The number of allylic oxidation sites excluding steroid dienone is 13. The molecule has 0 aromatic carbocycles. The lowest BCUT2D eigenvalue weighted by atomic mass is 10.0. The highest BCUT2D eigenvalue weighted by atomic mass is 31.2. The average molecular weight is 1010 g/mol. The van der Waals surface area contributed by atoms with E-state index < -0.39 is 20.0 Å². The lowest BCUT2D eigenvalue weighted by Gasteiger charge is -2.29. The van der Waals surface area contributed by atoms with Gasteiger partial charge in [0, 0.05) is 6.42 Å². The van der Waals surface area contributed by atoms with Gasteiger partial charge in [0.1, 0.15) is 13.2 Å². The maximum absolute atomic E-state index is 12.9. The van der Waals surface area contributed by atoms with E-state index in [9.17, 15) is 19.4 Å². The molecule has 0 aromatic heterocycles. The predicted octanol–water partition coefficient (Wildman–Crippen LogP) is 17.4. The van der Waals surface area contributed by atoms with Crippen LogP contribution in [0.2, 0.25) is 0 Å². The number of likely N-dealkylation sites (N-methyl/N-ethyl adjacent to an activating group) is 1. The van der Waals surface area contributed by atoms with E-state index in [4.69, 9.17) is 9.05 Å². The minimum absolute atomic E-state index is 0.00228. The number of carbonyl (C=O) groups is 1. The third-order valence-corrected chi connectivity index (χ3v) is 13.8. The van der Waals surface area contributed by atoms with Crippen LogP contribution in [0.1, 0.15) is 251 Å². The summed E-state index contributed by atoms with van der Waals surface area (Å²) in [6.07, 6.45) is 73.9. The quantitative estimate of drug-likeness (QED) is 0.0272. The molecule has 0 saturated carbocycles. The zero-order valence-electron chi connectivity index (χ0n) is 46.9. The maximum atomic E-state index is 12.9. The van der Waals surface area contributed by atoms with E-state index in [0.29, 0.717) is 17.4 Å². The van der Waals surface area contributed by atoms with E-state index in [2.05, 4.69) is 92.1 Å². The molecule has 3 unspecified atom stereocenters. The molecule has 0 aliphatic rings. The van der Waals surface area contributed by atoms with Crippen LogP contribution in [0.3, 0.4) is 0 Å². The summed E-state index contributed by atoms with van der Waals surface area (Å²) in [6.45, 7) is 4.53. The standard InChI is InChI=1S/C62H113N2O6P/c1-6-8-10-12-14-16-18-20-21-22-23-24-25-26-27-28-29-30-31-32-33-34-35-36-37-38-39-40-41-42-43-44-46-48-50-52-54-56-62(66)63-60(59-70-71(67,68)69-58-57-64(3,4)5)61(65)55-53-51-49-47-45-19-17-15-13-11-9-7-2/h8,10,14,16,20-21,23-24,26-27,29-30,53,55,60-61,65H,6-7,9,11-13,15,17-19,22,25,28,31-52,54,56-59H2,1-5H3,(H-,63,66,67,68)/b10-8-,16-14-,21-20-,24-23-,27-26-,30-29-,55-53+.